The molecule has 1 aliphatic carbocycles. The summed E-state index contributed by atoms with van der Waals surface area (Å²) in [6.07, 6.45) is -2.65. The number of benzene rings is 1. The second-order valence-corrected chi connectivity index (χ2v) is 10.1. The lowest BCUT2D eigenvalue weighted by Gasteiger charge is -2.31. The third-order valence-electron chi connectivity index (χ3n) is 6.22. The van der Waals surface area contributed by atoms with E-state index < -0.39 is 37.6 Å². The van der Waals surface area contributed by atoms with Gasteiger partial charge in [-0.25, -0.2) is 13.8 Å². The standard InChI is InChI=1S/C25H31F5N4O3S/c1-31-34(10-9-15-3-4-15)23(33-22(35)13-38-2)19-7-8-20(32-24(19)36)18-6-5-17(37-14-25(28,29)30)11-16(18)12-21(26)27/h5-6,11,15,20-21H,1,3-4,7-10,12-14H2,2H3,(H,32,36)(H,33,35)/b23-19+. The fourth-order valence-electron chi connectivity index (χ4n) is 4.26. The summed E-state index contributed by atoms with van der Waals surface area (Å²) in [4.78, 5) is 25.6. The van der Waals surface area contributed by atoms with Gasteiger partial charge in [0.25, 0.3) is 5.91 Å². The third kappa shape index (κ3) is 8.88. The average molecular weight is 563 g/mol. The van der Waals surface area contributed by atoms with Crippen molar-refractivity contribution in [2.45, 2.75) is 57.2 Å². The van der Waals surface area contributed by atoms with Crippen molar-refractivity contribution in [1.82, 2.24) is 15.6 Å². The van der Waals surface area contributed by atoms with Crippen LogP contribution in [0.3, 0.4) is 0 Å². The zero-order valence-electron chi connectivity index (χ0n) is 21.0. The number of rotatable bonds is 13. The third-order valence-corrected chi connectivity index (χ3v) is 6.77. The first-order valence-electron chi connectivity index (χ1n) is 12.2. The number of amides is 2. The second-order valence-electron chi connectivity index (χ2n) is 9.23. The van der Waals surface area contributed by atoms with Crippen LogP contribution in [0.25, 0.3) is 0 Å². The number of alkyl halides is 5. The molecule has 38 heavy (non-hydrogen) atoms. The van der Waals surface area contributed by atoms with Crippen LogP contribution in [0.15, 0.2) is 34.7 Å². The van der Waals surface area contributed by atoms with E-state index >= 15 is 0 Å². The van der Waals surface area contributed by atoms with Crippen molar-refractivity contribution in [3.05, 3.63) is 40.7 Å². The van der Waals surface area contributed by atoms with Gasteiger partial charge in [0.15, 0.2) is 6.61 Å². The van der Waals surface area contributed by atoms with Gasteiger partial charge in [-0.2, -0.15) is 30.0 Å². The number of halogens is 5. The maximum absolute atomic E-state index is 13.3. The summed E-state index contributed by atoms with van der Waals surface area (Å²) in [6, 6.07) is 3.16. The van der Waals surface area contributed by atoms with E-state index in [0.717, 1.165) is 25.3 Å². The van der Waals surface area contributed by atoms with Crippen LogP contribution in [0, 0.1) is 5.92 Å². The van der Waals surface area contributed by atoms with Crippen LogP contribution < -0.4 is 15.4 Å². The molecule has 2 amide bonds. The highest BCUT2D eigenvalue weighted by atomic mass is 32.2. The first-order chi connectivity index (χ1) is 18.0. The molecule has 1 unspecified atom stereocenters. The summed E-state index contributed by atoms with van der Waals surface area (Å²) < 4.78 is 68.9. The minimum atomic E-state index is -4.57. The fraction of sp³-hybridized carbons (Fsp3) is 0.560. The number of carbonyl (C=O) groups is 2. The molecule has 1 aromatic rings. The predicted octanol–water partition coefficient (Wildman–Crippen LogP) is 4.79. The Balaban J connectivity index is 1.84. The van der Waals surface area contributed by atoms with E-state index in [0.29, 0.717) is 30.0 Å². The van der Waals surface area contributed by atoms with E-state index in [4.69, 9.17) is 4.74 Å². The molecule has 1 saturated carbocycles. The van der Waals surface area contributed by atoms with Gasteiger partial charge in [-0.05, 0) is 54.7 Å². The molecule has 0 aromatic heterocycles. The molecule has 0 radical (unpaired) electrons. The molecule has 2 N–H and O–H groups in total. The summed E-state index contributed by atoms with van der Waals surface area (Å²) >= 11 is 1.32. The van der Waals surface area contributed by atoms with Crippen LogP contribution in [0.1, 0.15) is 49.3 Å². The zero-order valence-corrected chi connectivity index (χ0v) is 21.8. The Morgan fingerprint density at radius 1 is 1.32 bits per heavy atom. The highest BCUT2D eigenvalue weighted by molar-refractivity contribution is 7.99. The number of thioether (sulfide) groups is 1. The van der Waals surface area contributed by atoms with E-state index in [1.165, 1.54) is 28.9 Å². The van der Waals surface area contributed by atoms with Crippen molar-refractivity contribution in [2.24, 2.45) is 11.0 Å². The topological polar surface area (TPSA) is 83.0 Å². The van der Waals surface area contributed by atoms with E-state index in [-0.39, 0.29) is 35.2 Å². The van der Waals surface area contributed by atoms with E-state index in [1.54, 1.807) is 6.26 Å². The Bertz CT molecular complexity index is 1050. The van der Waals surface area contributed by atoms with E-state index in [9.17, 15) is 31.5 Å². The Morgan fingerprint density at radius 3 is 2.63 bits per heavy atom. The summed E-state index contributed by atoms with van der Waals surface area (Å²) in [5, 5.41) is 11.1. The molecule has 0 bridgehead atoms. The fourth-order valence-corrected chi connectivity index (χ4v) is 4.59. The second kappa shape index (κ2) is 13.3. The normalized spacial score (nSPS) is 19.1. The van der Waals surface area contributed by atoms with Gasteiger partial charge >= 0.3 is 6.18 Å². The highest BCUT2D eigenvalue weighted by Gasteiger charge is 2.32. The molecule has 1 aromatic carbocycles. The SMILES string of the molecule is C=NN(CCC1CC1)/C(NC(=O)CSC)=C1\CCC(c2ccc(OCC(F)(F)F)cc2CC(F)F)NC1=O. The average Bonchev–Trinajstić information content (AvgIpc) is 3.66. The predicted molar refractivity (Wildman–Crippen MR) is 135 cm³/mol. The molecule has 1 saturated heterocycles. The number of hydrogen-bond donors (Lipinski definition) is 2. The van der Waals surface area contributed by atoms with Crippen LogP contribution in [0.4, 0.5) is 22.0 Å². The number of nitrogens with one attached hydrogen (secondary N) is 2. The molecular formula is C25H31F5N4O3S. The lowest BCUT2D eigenvalue weighted by atomic mass is 9.90. The van der Waals surface area contributed by atoms with Crippen molar-refractivity contribution in [3.63, 3.8) is 0 Å². The van der Waals surface area contributed by atoms with Crippen molar-refractivity contribution in [3.8, 4) is 5.75 Å². The first kappa shape index (κ1) is 29.7. The van der Waals surface area contributed by atoms with Gasteiger partial charge in [0, 0.05) is 19.7 Å². The van der Waals surface area contributed by atoms with Crippen LogP contribution >= 0.6 is 11.8 Å². The number of ether oxygens (including phenoxy) is 1. The van der Waals surface area contributed by atoms with Crippen LogP contribution in [0.5, 0.6) is 5.75 Å². The van der Waals surface area contributed by atoms with E-state index in [1.807, 2.05) is 0 Å². The molecular weight excluding hydrogens is 531 g/mol. The molecule has 1 heterocycles. The Kier molecular flexibility index (Phi) is 10.4. The van der Waals surface area contributed by atoms with Crippen molar-refractivity contribution < 1.29 is 36.3 Å². The van der Waals surface area contributed by atoms with Crippen molar-refractivity contribution >= 4 is 30.3 Å². The molecule has 13 heteroatoms. The monoisotopic (exact) mass is 562 g/mol. The molecule has 210 valence electrons. The van der Waals surface area contributed by atoms with Gasteiger partial charge in [-0.1, -0.05) is 18.9 Å². The lowest BCUT2D eigenvalue weighted by Crippen LogP contribution is -2.41. The summed E-state index contributed by atoms with van der Waals surface area (Å²) in [5.74, 6) is 0.0121. The van der Waals surface area contributed by atoms with Crippen molar-refractivity contribution in [2.75, 3.05) is 25.2 Å². The van der Waals surface area contributed by atoms with Gasteiger partial charge in [0.05, 0.1) is 17.4 Å². The number of hydrazone groups is 1. The summed E-state index contributed by atoms with van der Waals surface area (Å²) in [5.41, 5.74) is 0.752. The van der Waals surface area contributed by atoms with Crippen LogP contribution in [-0.4, -0.2) is 61.3 Å². The molecule has 1 aliphatic heterocycles. The number of carbonyl (C=O) groups excluding carboxylic acids is 2. The van der Waals surface area contributed by atoms with Gasteiger partial charge < -0.3 is 15.4 Å². The lowest BCUT2D eigenvalue weighted by molar-refractivity contribution is -0.153. The zero-order chi connectivity index (χ0) is 27.9. The van der Waals surface area contributed by atoms with Gasteiger partial charge in [0.2, 0.25) is 12.3 Å². The smallest absolute Gasteiger partial charge is 0.422 e. The number of hydrogen-bond acceptors (Lipinski definition) is 6. The maximum Gasteiger partial charge on any atom is 0.422 e. The van der Waals surface area contributed by atoms with Crippen LogP contribution in [-0.2, 0) is 16.0 Å². The van der Waals surface area contributed by atoms with Gasteiger partial charge in [0.1, 0.15) is 11.6 Å². The highest BCUT2D eigenvalue weighted by Crippen LogP contribution is 2.35. The summed E-state index contributed by atoms with van der Waals surface area (Å²) in [7, 11) is 0. The molecule has 7 nitrogen and oxygen atoms in total. The Hall–Kier alpha value is -2.83. The molecule has 2 aliphatic rings. The quantitative estimate of drug-likeness (QED) is 0.156. The number of piperidine rings is 1. The minimum absolute atomic E-state index is 0.0877. The first-order valence-corrected chi connectivity index (χ1v) is 13.6. The minimum Gasteiger partial charge on any atom is -0.484 e. The maximum atomic E-state index is 13.3. The largest absolute Gasteiger partial charge is 0.484 e. The van der Waals surface area contributed by atoms with Gasteiger partial charge in [-0.3, -0.25) is 9.59 Å². The van der Waals surface area contributed by atoms with Crippen molar-refractivity contribution in [1.29, 1.82) is 0 Å². The van der Waals surface area contributed by atoms with Crippen LogP contribution in [0.2, 0.25) is 0 Å². The Labute approximate surface area is 222 Å². The molecule has 2 fully saturated rings. The molecule has 1 atom stereocenters. The molecule has 3 rings (SSSR count). The van der Waals surface area contributed by atoms with E-state index in [2.05, 4.69) is 22.5 Å². The number of nitrogens with zero attached hydrogens (tertiary/aromatic N) is 2. The molecule has 0 spiro atoms. The summed E-state index contributed by atoms with van der Waals surface area (Å²) in [6.45, 7) is 2.52. The Morgan fingerprint density at radius 2 is 2.05 bits per heavy atom. The van der Waals surface area contributed by atoms with Gasteiger partial charge in [-0.15, -0.1) is 0 Å².